The van der Waals surface area contributed by atoms with Gasteiger partial charge in [-0.3, -0.25) is 4.68 Å². The summed E-state index contributed by atoms with van der Waals surface area (Å²) in [5.41, 5.74) is 2.60. The normalized spacial score (nSPS) is 13.2. The maximum atomic E-state index is 4.72. The van der Waals surface area contributed by atoms with Gasteiger partial charge in [-0.05, 0) is 57.7 Å². The number of hydrogen-bond acceptors (Lipinski definition) is 2. The maximum Gasteiger partial charge on any atom is 0.0624 e. The van der Waals surface area contributed by atoms with Crippen molar-refractivity contribution in [3.8, 4) is 0 Å². The highest BCUT2D eigenvalue weighted by Gasteiger charge is 2.11. The number of aryl methyl sites for hydroxylation is 2. The van der Waals surface area contributed by atoms with E-state index in [-0.39, 0.29) is 0 Å². The molecular formula is C16H31N3. The summed E-state index contributed by atoms with van der Waals surface area (Å²) >= 11 is 0. The van der Waals surface area contributed by atoms with E-state index in [4.69, 9.17) is 5.10 Å². The molecule has 0 aliphatic heterocycles. The molecule has 0 aliphatic carbocycles. The van der Waals surface area contributed by atoms with Crippen molar-refractivity contribution in [2.75, 3.05) is 13.1 Å². The minimum atomic E-state index is 0.510. The predicted molar refractivity (Wildman–Crippen MR) is 82.6 cm³/mol. The van der Waals surface area contributed by atoms with E-state index < -0.39 is 0 Å². The highest BCUT2D eigenvalue weighted by Crippen LogP contribution is 2.17. The molecule has 3 heteroatoms. The van der Waals surface area contributed by atoms with Crippen LogP contribution in [0.15, 0.2) is 6.07 Å². The van der Waals surface area contributed by atoms with Gasteiger partial charge >= 0.3 is 0 Å². The Hall–Kier alpha value is -0.830. The fourth-order valence-corrected chi connectivity index (χ4v) is 2.34. The van der Waals surface area contributed by atoms with Crippen LogP contribution >= 0.6 is 0 Å². The smallest absolute Gasteiger partial charge is 0.0624 e. The quantitative estimate of drug-likeness (QED) is 0.691. The zero-order chi connectivity index (χ0) is 14.3. The van der Waals surface area contributed by atoms with E-state index in [2.05, 4.69) is 50.7 Å². The largest absolute Gasteiger partial charge is 0.316 e. The van der Waals surface area contributed by atoms with E-state index in [1.807, 2.05) is 0 Å². The van der Waals surface area contributed by atoms with Crippen LogP contribution in [0.4, 0.5) is 0 Å². The molecule has 19 heavy (non-hydrogen) atoms. The summed E-state index contributed by atoms with van der Waals surface area (Å²) in [5.74, 6) is 0.738. The predicted octanol–water partition coefficient (Wildman–Crippen LogP) is 3.59. The van der Waals surface area contributed by atoms with Gasteiger partial charge in [-0.2, -0.15) is 5.10 Å². The molecule has 1 aromatic rings. The minimum absolute atomic E-state index is 0.510. The first kappa shape index (κ1) is 16.2. The maximum absolute atomic E-state index is 4.72. The van der Waals surface area contributed by atoms with Gasteiger partial charge in [-0.25, -0.2) is 0 Å². The Morgan fingerprint density at radius 3 is 2.53 bits per heavy atom. The molecule has 0 aromatic carbocycles. The minimum Gasteiger partial charge on any atom is -0.316 e. The van der Waals surface area contributed by atoms with Gasteiger partial charge in [0.1, 0.15) is 0 Å². The SMILES string of the molecule is CCc1cc(CC)n(C(C)CCCNCC(C)C)n1. The Labute approximate surface area is 118 Å². The molecule has 0 aliphatic rings. The van der Waals surface area contributed by atoms with Crippen molar-refractivity contribution in [3.05, 3.63) is 17.5 Å². The molecular weight excluding hydrogens is 234 g/mol. The van der Waals surface area contributed by atoms with Crippen molar-refractivity contribution in [1.29, 1.82) is 0 Å². The molecule has 1 atom stereocenters. The average Bonchev–Trinajstić information content (AvgIpc) is 2.81. The number of hydrogen-bond donors (Lipinski definition) is 1. The Bertz CT molecular complexity index is 355. The van der Waals surface area contributed by atoms with Crippen LogP contribution < -0.4 is 5.32 Å². The van der Waals surface area contributed by atoms with E-state index >= 15 is 0 Å². The zero-order valence-electron chi connectivity index (χ0n) is 13.4. The first-order valence-corrected chi connectivity index (χ1v) is 7.86. The van der Waals surface area contributed by atoms with Gasteiger partial charge in [0.15, 0.2) is 0 Å². The Morgan fingerprint density at radius 1 is 1.21 bits per heavy atom. The lowest BCUT2D eigenvalue weighted by Crippen LogP contribution is -2.21. The fourth-order valence-electron chi connectivity index (χ4n) is 2.34. The Kier molecular flexibility index (Phi) is 7.14. The first-order valence-electron chi connectivity index (χ1n) is 7.86. The van der Waals surface area contributed by atoms with Crippen LogP contribution in [0.5, 0.6) is 0 Å². The van der Waals surface area contributed by atoms with Gasteiger partial charge in [-0.15, -0.1) is 0 Å². The van der Waals surface area contributed by atoms with Gasteiger partial charge in [0.25, 0.3) is 0 Å². The van der Waals surface area contributed by atoms with Gasteiger partial charge in [0, 0.05) is 11.7 Å². The summed E-state index contributed by atoms with van der Waals surface area (Å²) in [6.07, 6.45) is 4.52. The number of nitrogens with one attached hydrogen (secondary N) is 1. The molecule has 1 unspecified atom stereocenters. The summed E-state index contributed by atoms with van der Waals surface area (Å²) in [5, 5.41) is 8.23. The molecule has 1 aromatic heterocycles. The van der Waals surface area contributed by atoms with Gasteiger partial charge in [0.05, 0.1) is 5.69 Å². The second-order valence-corrected chi connectivity index (χ2v) is 5.87. The molecule has 3 nitrogen and oxygen atoms in total. The monoisotopic (exact) mass is 265 g/mol. The fraction of sp³-hybridized carbons (Fsp3) is 0.812. The van der Waals surface area contributed by atoms with Gasteiger partial charge < -0.3 is 5.32 Å². The highest BCUT2D eigenvalue weighted by molar-refractivity contribution is 5.11. The van der Waals surface area contributed by atoms with Crippen molar-refractivity contribution in [1.82, 2.24) is 15.1 Å². The molecule has 0 spiro atoms. The molecule has 1 heterocycles. The number of aromatic nitrogens is 2. The third-order valence-electron chi connectivity index (χ3n) is 3.53. The van der Waals surface area contributed by atoms with E-state index in [0.29, 0.717) is 6.04 Å². The van der Waals surface area contributed by atoms with Crippen molar-refractivity contribution < 1.29 is 0 Å². The topological polar surface area (TPSA) is 29.9 Å². The highest BCUT2D eigenvalue weighted by atomic mass is 15.3. The van der Waals surface area contributed by atoms with Crippen molar-refractivity contribution >= 4 is 0 Å². The summed E-state index contributed by atoms with van der Waals surface area (Å²) in [6, 6.07) is 2.77. The second-order valence-electron chi connectivity index (χ2n) is 5.87. The lowest BCUT2D eigenvalue weighted by Gasteiger charge is -2.15. The summed E-state index contributed by atoms with van der Waals surface area (Å²) in [7, 11) is 0. The number of nitrogens with zero attached hydrogens (tertiary/aromatic N) is 2. The zero-order valence-corrected chi connectivity index (χ0v) is 13.4. The van der Waals surface area contributed by atoms with Crippen LogP contribution in [0, 0.1) is 5.92 Å². The van der Waals surface area contributed by atoms with Crippen LogP contribution in [-0.2, 0) is 12.8 Å². The third kappa shape index (κ3) is 5.35. The molecule has 110 valence electrons. The standard InChI is InChI=1S/C16H31N3/c1-6-15-11-16(7-2)19(18-15)14(5)9-8-10-17-12-13(3)4/h11,13-14,17H,6-10,12H2,1-5H3. The van der Waals surface area contributed by atoms with Crippen LogP contribution in [0.1, 0.15) is 64.9 Å². The summed E-state index contributed by atoms with van der Waals surface area (Å²) in [6.45, 7) is 13.4. The molecule has 0 radical (unpaired) electrons. The Balaban J connectivity index is 2.40. The molecule has 0 fully saturated rings. The molecule has 0 saturated heterocycles. The molecule has 0 saturated carbocycles. The van der Waals surface area contributed by atoms with Crippen LogP contribution in [0.3, 0.4) is 0 Å². The lowest BCUT2D eigenvalue weighted by atomic mass is 10.1. The summed E-state index contributed by atoms with van der Waals surface area (Å²) in [4.78, 5) is 0. The Morgan fingerprint density at radius 2 is 1.95 bits per heavy atom. The number of rotatable bonds is 9. The van der Waals surface area contributed by atoms with E-state index in [1.54, 1.807) is 0 Å². The lowest BCUT2D eigenvalue weighted by molar-refractivity contribution is 0.420. The van der Waals surface area contributed by atoms with E-state index in [0.717, 1.165) is 31.8 Å². The second kappa shape index (κ2) is 8.36. The molecule has 0 bridgehead atoms. The van der Waals surface area contributed by atoms with Crippen LogP contribution in [0.2, 0.25) is 0 Å². The van der Waals surface area contributed by atoms with Gasteiger partial charge in [-0.1, -0.05) is 27.7 Å². The third-order valence-corrected chi connectivity index (χ3v) is 3.53. The van der Waals surface area contributed by atoms with Crippen LogP contribution in [0.25, 0.3) is 0 Å². The van der Waals surface area contributed by atoms with Crippen LogP contribution in [-0.4, -0.2) is 22.9 Å². The molecule has 1 rings (SSSR count). The van der Waals surface area contributed by atoms with E-state index in [1.165, 1.54) is 24.2 Å². The average molecular weight is 265 g/mol. The molecule has 0 amide bonds. The van der Waals surface area contributed by atoms with Crippen molar-refractivity contribution in [3.63, 3.8) is 0 Å². The first-order chi connectivity index (χ1) is 9.08. The van der Waals surface area contributed by atoms with Gasteiger partial charge in [0.2, 0.25) is 0 Å². The molecule has 1 N–H and O–H groups in total. The summed E-state index contributed by atoms with van der Waals surface area (Å²) < 4.78 is 2.24. The van der Waals surface area contributed by atoms with E-state index in [9.17, 15) is 0 Å². The van der Waals surface area contributed by atoms with Crippen molar-refractivity contribution in [2.45, 2.75) is 66.3 Å². The van der Waals surface area contributed by atoms with Crippen molar-refractivity contribution in [2.24, 2.45) is 5.92 Å².